The molecule has 1 aliphatic rings. The van der Waals surface area contributed by atoms with Gasteiger partial charge in [0.15, 0.2) is 0 Å². The van der Waals surface area contributed by atoms with Gasteiger partial charge in [0.2, 0.25) is 0 Å². The maximum Gasteiger partial charge on any atom is 0.328 e. The van der Waals surface area contributed by atoms with E-state index in [9.17, 15) is 14.4 Å². The van der Waals surface area contributed by atoms with Gasteiger partial charge >= 0.3 is 5.97 Å². The number of hydrogen-bond acceptors (Lipinski definition) is 3. The quantitative estimate of drug-likeness (QED) is 0.680. The Morgan fingerprint density at radius 1 is 1.39 bits per heavy atom. The molecular formula is C12H8BrNO4. The summed E-state index contributed by atoms with van der Waals surface area (Å²) in [4.78, 5) is 35.0. The monoisotopic (exact) mass is 309 g/mol. The molecule has 0 bridgehead atoms. The molecule has 5 nitrogen and oxygen atoms in total. The van der Waals surface area contributed by atoms with Crippen LogP contribution in [-0.4, -0.2) is 29.3 Å². The van der Waals surface area contributed by atoms with E-state index in [4.69, 9.17) is 5.11 Å². The van der Waals surface area contributed by atoms with Gasteiger partial charge < -0.3 is 10.0 Å². The number of amides is 1. The normalized spacial score (nSPS) is 14.4. The van der Waals surface area contributed by atoms with Gasteiger partial charge in [0.25, 0.3) is 11.7 Å². The van der Waals surface area contributed by atoms with Crippen LogP contribution >= 0.6 is 15.9 Å². The fourth-order valence-electron chi connectivity index (χ4n) is 1.71. The van der Waals surface area contributed by atoms with E-state index in [0.29, 0.717) is 11.3 Å². The molecular weight excluding hydrogens is 302 g/mol. The number of halogens is 1. The highest BCUT2D eigenvalue weighted by Crippen LogP contribution is 2.31. The minimum atomic E-state index is -1.09. The third-order valence-corrected chi connectivity index (χ3v) is 2.98. The van der Waals surface area contributed by atoms with E-state index in [0.717, 1.165) is 10.5 Å². The van der Waals surface area contributed by atoms with E-state index in [1.54, 1.807) is 18.2 Å². The molecule has 6 heteroatoms. The van der Waals surface area contributed by atoms with E-state index < -0.39 is 17.7 Å². The Morgan fingerprint density at radius 2 is 2.11 bits per heavy atom. The molecule has 0 atom stereocenters. The van der Waals surface area contributed by atoms with Gasteiger partial charge in [-0.15, -0.1) is 0 Å². The summed E-state index contributed by atoms with van der Waals surface area (Å²) in [5, 5.41) is 8.48. The first-order chi connectivity index (χ1) is 8.50. The number of ketones is 1. The predicted octanol–water partition coefficient (Wildman–Crippen LogP) is 1.62. The molecule has 0 unspecified atom stereocenters. The van der Waals surface area contributed by atoms with Gasteiger partial charge in [-0.25, -0.2) is 4.79 Å². The standard InChI is InChI=1S/C12H8BrNO4/c13-7-3-4-8-9(6-7)14(12(18)11(8)17)5-1-2-10(15)16/h1-4,6H,5H2,(H,15,16)/b2-1+. The van der Waals surface area contributed by atoms with E-state index in [-0.39, 0.29) is 6.54 Å². The SMILES string of the molecule is O=C(O)/C=C/CN1C(=O)C(=O)c2ccc(Br)cc21. The average Bonchev–Trinajstić information content (AvgIpc) is 2.53. The van der Waals surface area contributed by atoms with Gasteiger partial charge in [-0.3, -0.25) is 9.59 Å². The molecule has 1 heterocycles. The third kappa shape index (κ3) is 2.19. The largest absolute Gasteiger partial charge is 0.478 e. The first kappa shape index (κ1) is 12.5. The van der Waals surface area contributed by atoms with Crippen molar-refractivity contribution in [1.29, 1.82) is 0 Å². The number of fused-ring (bicyclic) bond motifs is 1. The highest BCUT2D eigenvalue weighted by atomic mass is 79.9. The molecule has 1 aliphatic heterocycles. The van der Waals surface area contributed by atoms with Gasteiger partial charge in [0.1, 0.15) is 0 Å². The summed E-state index contributed by atoms with van der Waals surface area (Å²) in [5.41, 5.74) is 0.835. The van der Waals surface area contributed by atoms with Gasteiger partial charge in [0, 0.05) is 17.1 Å². The Labute approximate surface area is 111 Å². The molecule has 0 fully saturated rings. The summed E-state index contributed by atoms with van der Waals surface area (Å²) < 4.78 is 0.746. The van der Waals surface area contributed by atoms with Gasteiger partial charge in [-0.1, -0.05) is 22.0 Å². The molecule has 1 aromatic carbocycles. The van der Waals surface area contributed by atoms with Crippen LogP contribution < -0.4 is 4.90 Å². The number of carboxylic acid groups (broad SMARTS) is 1. The van der Waals surface area contributed by atoms with Crippen LogP contribution in [0.3, 0.4) is 0 Å². The molecule has 1 amide bonds. The maximum atomic E-state index is 11.7. The van der Waals surface area contributed by atoms with Crippen LogP contribution in [0, 0.1) is 0 Å². The minimum Gasteiger partial charge on any atom is -0.478 e. The van der Waals surface area contributed by atoms with Crippen molar-refractivity contribution in [3.05, 3.63) is 40.4 Å². The number of aliphatic carboxylic acids is 1. The maximum absolute atomic E-state index is 11.7. The van der Waals surface area contributed by atoms with Gasteiger partial charge in [0.05, 0.1) is 11.3 Å². The number of benzene rings is 1. The third-order valence-electron chi connectivity index (χ3n) is 2.48. The van der Waals surface area contributed by atoms with Crippen molar-refractivity contribution >= 4 is 39.3 Å². The Balaban J connectivity index is 2.33. The summed E-state index contributed by atoms with van der Waals surface area (Å²) in [6.45, 7) is 0.0559. The van der Waals surface area contributed by atoms with Crippen LogP contribution in [0.5, 0.6) is 0 Å². The molecule has 0 radical (unpaired) electrons. The second kappa shape index (κ2) is 4.73. The Bertz CT molecular complexity index is 579. The second-order valence-electron chi connectivity index (χ2n) is 3.65. The van der Waals surface area contributed by atoms with Crippen molar-refractivity contribution < 1.29 is 19.5 Å². The van der Waals surface area contributed by atoms with E-state index >= 15 is 0 Å². The summed E-state index contributed by atoms with van der Waals surface area (Å²) in [5.74, 6) is -2.30. The number of anilines is 1. The molecule has 2 rings (SSSR count). The molecule has 1 aromatic rings. The minimum absolute atomic E-state index is 0.0559. The second-order valence-corrected chi connectivity index (χ2v) is 4.56. The number of carbonyl (C=O) groups excluding carboxylic acids is 2. The topological polar surface area (TPSA) is 74.7 Å². The van der Waals surface area contributed by atoms with E-state index in [1.165, 1.54) is 11.0 Å². The summed E-state index contributed by atoms with van der Waals surface area (Å²) in [7, 11) is 0. The van der Waals surface area contributed by atoms with Crippen molar-refractivity contribution in [3.63, 3.8) is 0 Å². The van der Waals surface area contributed by atoms with Crippen molar-refractivity contribution in [2.75, 3.05) is 11.4 Å². The molecule has 1 N–H and O–H groups in total. The molecule has 92 valence electrons. The van der Waals surface area contributed by atoms with Crippen LogP contribution in [-0.2, 0) is 9.59 Å². The lowest BCUT2D eigenvalue weighted by Gasteiger charge is -2.13. The number of carbonyl (C=O) groups is 3. The number of carboxylic acids is 1. The fourth-order valence-corrected chi connectivity index (χ4v) is 2.06. The number of hydrogen-bond donors (Lipinski definition) is 1. The van der Waals surface area contributed by atoms with Gasteiger partial charge in [-0.2, -0.15) is 0 Å². The summed E-state index contributed by atoms with van der Waals surface area (Å²) in [6, 6.07) is 4.91. The average molecular weight is 310 g/mol. The Morgan fingerprint density at radius 3 is 2.78 bits per heavy atom. The summed E-state index contributed by atoms with van der Waals surface area (Å²) >= 11 is 3.26. The molecule has 0 aliphatic carbocycles. The van der Waals surface area contributed by atoms with Crippen LogP contribution in [0.25, 0.3) is 0 Å². The zero-order valence-corrected chi connectivity index (χ0v) is 10.7. The van der Waals surface area contributed by atoms with E-state index in [2.05, 4.69) is 15.9 Å². The van der Waals surface area contributed by atoms with Crippen LogP contribution in [0.2, 0.25) is 0 Å². The van der Waals surface area contributed by atoms with Crippen LogP contribution in [0.15, 0.2) is 34.8 Å². The molecule has 0 saturated heterocycles. The summed E-state index contributed by atoms with van der Waals surface area (Å²) in [6.07, 6.45) is 2.26. The first-order valence-corrected chi connectivity index (χ1v) is 5.85. The lowest BCUT2D eigenvalue weighted by Crippen LogP contribution is -2.29. The number of Topliss-reactive ketones (excluding diaryl/α,β-unsaturated/α-hetero) is 1. The van der Waals surface area contributed by atoms with Gasteiger partial charge in [-0.05, 0) is 18.2 Å². The van der Waals surface area contributed by atoms with Crippen molar-refractivity contribution in [1.82, 2.24) is 0 Å². The highest BCUT2D eigenvalue weighted by Gasteiger charge is 2.34. The zero-order chi connectivity index (χ0) is 13.3. The Kier molecular flexibility index (Phi) is 3.29. The zero-order valence-electron chi connectivity index (χ0n) is 9.09. The Hall–Kier alpha value is -1.95. The number of rotatable bonds is 3. The predicted molar refractivity (Wildman–Crippen MR) is 67.6 cm³/mol. The lowest BCUT2D eigenvalue weighted by atomic mass is 10.1. The van der Waals surface area contributed by atoms with Crippen molar-refractivity contribution in [2.45, 2.75) is 0 Å². The fraction of sp³-hybridized carbons (Fsp3) is 0.0833. The lowest BCUT2D eigenvalue weighted by molar-refractivity contribution is -0.131. The highest BCUT2D eigenvalue weighted by molar-refractivity contribution is 9.10. The van der Waals surface area contributed by atoms with Crippen LogP contribution in [0.1, 0.15) is 10.4 Å². The molecule has 18 heavy (non-hydrogen) atoms. The van der Waals surface area contributed by atoms with Crippen LogP contribution in [0.4, 0.5) is 5.69 Å². The number of nitrogens with zero attached hydrogens (tertiary/aromatic N) is 1. The smallest absolute Gasteiger partial charge is 0.328 e. The molecule has 0 spiro atoms. The molecule has 0 saturated carbocycles. The first-order valence-electron chi connectivity index (χ1n) is 5.06. The van der Waals surface area contributed by atoms with E-state index in [1.807, 2.05) is 0 Å². The molecule has 0 aromatic heterocycles. The van der Waals surface area contributed by atoms with Crippen molar-refractivity contribution in [2.24, 2.45) is 0 Å². The van der Waals surface area contributed by atoms with Crippen molar-refractivity contribution in [3.8, 4) is 0 Å².